The van der Waals surface area contributed by atoms with Crippen molar-refractivity contribution < 1.29 is 23.9 Å². The molecule has 0 atom stereocenters. The molecule has 0 saturated heterocycles. The summed E-state index contributed by atoms with van der Waals surface area (Å²) in [5, 5.41) is 2.87. The van der Waals surface area contributed by atoms with Crippen LogP contribution < -0.4 is 5.32 Å². The zero-order valence-corrected chi connectivity index (χ0v) is 15.4. The molecule has 0 aromatic heterocycles. The Morgan fingerprint density at radius 2 is 1.72 bits per heavy atom. The number of Topliss-reactive ketones (excluding diaryl/α,β-unsaturated/α-hetero) is 1. The zero-order valence-electron chi connectivity index (χ0n) is 15.4. The van der Waals surface area contributed by atoms with Crippen LogP contribution in [-0.4, -0.2) is 38.0 Å². The van der Waals surface area contributed by atoms with E-state index in [9.17, 15) is 14.4 Å². The summed E-state index contributed by atoms with van der Waals surface area (Å²) in [5.41, 5.74) is 1.11. The molecule has 0 radical (unpaired) electrons. The predicted molar refractivity (Wildman–Crippen MR) is 94.1 cm³/mol. The fraction of sp³-hybridized carbons (Fsp3) is 0.526. The largest absolute Gasteiger partial charge is 0.464 e. The highest BCUT2D eigenvalue weighted by Gasteiger charge is 2.20. The number of rotatable bonds is 9. The van der Waals surface area contributed by atoms with Gasteiger partial charge in [-0.05, 0) is 12.0 Å². The highest BCUT2D eigenvalue weighted by atomic mass is 16.6. The summed E-state index contributed by atoms with van der Waals surface area (Å²) in [6.45, 7) is 6.12. The first-order valence-corrected chi connectivity index (χ1v) is 8.29. The van der Waals surface area contributed by atoms with Crippen molar-refractivity contribution in [3.63, 3.8) is 0 Å². The number of ketones is 1. The average molecular weight is 349 g/mol. The Morgan fingerprint density at radius 1 is 1.08 bits per heavy atom. The molecule has 1 rings (SSSR count). The molecule has 6 heteroatoms. The Balaban J connectivity index is 2.39. The minimum atomic E-state index is -0.434. The van der Waals surface area contributed by atoms with Crippen molar-refractivity contribution in [3.05, 3.63) is 35.4 Å². The molecular weight excluding hydrogens is 322 g/mol. The second-order valence-electron chi connectivity index (χ2n) is 6.81. The highest BCUT2D eigenvalue weighted by molar-refractivity contribution is 5.96. The molecule has 6 nitrogen and oxygen atoms in total. The molecule has 0 aliphatic heterocycles. The molecule has 0 aliphatic carbocycles. The van der Waals surface area contributed by atoms with Crippen LogP contribution >= 0.6 is 0 Å². The van der Waals surface area contributed by atoms with Gasteiger partial charge in [0.1, 0.15) is 6.61 Å². The number of hydrogen-bond donors (Lipinski definition) is 1. The lowest BCUT2D eigenvalue weighted by atomic mass is 9.95. The predicted octanol–water partition coefficient (Wildman–Crippen LogP) is 2.50. The molecule has 1 aromatic carbocycles. The molecular formula is C19H27NO5. The molecule has 138 valence electrons. The Hall–Kier alpha value is -2.21. The summed E-state index contributed by atoms with van der Waals surface area (Å²) in [4.78, 5) is 35.0. The van der Waals surface area contributed by atoms with E-state index in [2.05, 4.69) is 10.1 Å². The van der Waals surface area contributed by atoms with Gasteiger partial charge in [0, 0.05) is 31.1 Å². The Labute approximate surface area is 148 Å². The first-order valence-electron chi connectivity index (χ1n) is 8.29. The fourth-order valence-electron chi connectivity index (χ4n) is 1.98. The second kappa shape index (κ2) is 9.93. The quantitative estimate of drug-likeness (QED) is 0.421. The molecule has 0 unspecified atom stereocenters. The lowest BCUT2D eigenvalue weighted by Gasteiger charge is -2.17. The van der Waals surface area contributed by atoms with Crippen molar-refractivity contribution in [2.75, 3.05) is 20.3 Å². The standard InChI is InChI=1S/C19H27NO5/c1-19(2,3)18(23)20-12-14-7-9-15(10-8-14)16(21)6-5-11-25-17(22)13-24-4/h7-10H,5-6,11-13H2,1-4H3,(H,20,23). The summed E-state index contributed by atoms with van der Waals surface area (Å²) in [5.74, 6) is -0.458. The number of amides is 1. The summed E-state index contributed by atoms with van der Waals surface area (Å²) in [6.07, 6.45) is 0.776. The van der Waals surface area contributed by atoms with Crippen molar-refractivity contribution in [1.29, 1.82) is 0 Å². The number of carbonyl (C=O) groups is 3. The van der Waals surface area contributed by atoms with Crippen molar-refractivity contribution in [3.8, 4) is 0 Å². The van der Waals surface area contributed by atoms with E-state index in [1.807, 2.05) is 32.9 Å². The van der Waals surface area contributed by atoms with E-state index in [4.69, 9.17) is 4.74 Å². The Morgan fingerprint density at radius 3 is 2.28 bits per heavy atom. The van der Waals surface area contributed by atoms with E-state index in [1.54, 1.807) is 12.1 Å². The lowest BCUT2D eigenvalue weighted by Crippen LogP contribution is -2.34. The molecule has 1 N–H and O–H groups in total. The second-order valence-corrected chi connectivity index (χ2v) is 6.81. The normalized spacial score (nSPS) is 11.0. The van der Waals surface area contributed by atoms with Crippen LogP contribution in [0.25, 0.3) is 0 Å². The topological polar surface area (TPSA) is 81.7 Å². The minimum absolute atomic E-state index is 0.00642. The van der Waals surface area contributed by atoms with Gasteiger partial charge in [0.25, 0.3) is 0 Å². The van der Waals surface area contributed by atoms with Crippen molar-refractivity contribution in [2.45, 2.75) is 40.2 Å². The van der Waals surface area contributed by atoms with Gasteiger partial charge in [-0.1, -0.05) is 45.0 Å². The van der Waals surface area contributed by atoms with E-state index < -0.39 is 11.4 Å². The van der Waals surface area contributed by atoms with Crippen LogP contribution in [0.1, 0.15) is 49.5 Å². The molecule has 0 spiro atoms. The van der Waals surface area contributed by atoms with Crippen molar-refractivity contribution in [1.82, 2.24) is 5.32 Å². The van der Waals surface area contributed by atoms with E-state index in [1.165, 1.54) is 7.11 Å². The monoisotopic (exact) mass is 349 g/mol. The van der Waals surface area contributed by atoms with E-state index in [0.717, 1.165) is 5.56 Å². The number of methoxy groups -OCH3 is 1. The molecule has 0 saturated carbocycles. The Bertz CT molecular complexity index is 587. The maximum absolute atomic E-state index is 12.1. The van der Waals surface area contributed by atoms with Gasteiger partial charge in [-0.3, -0.25) is 9.59 Å². The van der Waals surface area contributed by atoms with Gasteiger partial charge >= 0.3 is 5.97 Å². The van der Waals surface area contributed by atoms with Crippen molar-refractivity contribution >= 4 is 17.7 Å². The number of benzene rings is 1. The smallest absolute Gasteiger partial charge is 0.332 e. The Kier molecular flexibility index (Phi) is 8.28. The van der Waals surface area contributed by atoms with Crippen LogP contribution in [0.3, 0.4) is 0 Å². The van der Waals surface area contributed by atoms with Gasteiger partial charge < -0.3 is 14.8 Å². The molecule has 25 heavy (non-hydrogen) atoms. The molecule has 0 heterocycles. The van der Waals surface area contributed by atoms with Gasteiger partial charge in [-0.25, -0.2) is 4.79 Å². The van der Waals surface area contributed by atoms with Crippen LogP contribution in [-0.2, 0) is 25.6 Å². The number of hydrogen-bond acceptors (Lipinski definition) is 5. The van der Waals surface area contributed by atoms with Crippen LogP contribution in [0.2, 0.25) is 0 Å². The van der Waals surface area contributed by atoms with Crippen molar-refractivity contribution in [2.24, 2.45) is 5.41 Å². The molecule has 0 fully saturated rings. The maximum atomic E-state index is 12.1. The maximum Gasteiger partial charge on any atom is 0.332 e. The average Bonchev–Trinajstić information content (AvgIpc) is 2.56. The van der Waals surface area contributed by atoms with E-state index >= 15 is 0 Å². The summed E-state index contributed by atoms with van der Waals surface area (Å²) in [6, 6.07) is 7.15. The lowest BCUT2D eigenvalue weighted by molar-refractivity contribution is -0.148. The van der Waals surface area contributed by atoms with Gasteiger partial charge in [0.15, 0.2) is 5.78 Å². The third kappa shape index (κ3) is 7.94. The molecule has 1 amide bonds. The van der Waals surface area contributed by atoms with Gasteiger partial charge in [-0.2, -0.15) is 0 Å². The number of esters is 1. The highest BCUT2D eigenvalue weighted by Crippen LogP contribution is 2.13. The van der Waals surface area contributed by atoms with Gasteiger partial charge in [0.05, 0.1) is 6.61 Å². The third-order valence-corrected chi connectivity index (χ3v) is 3.48. The summed E-state index contributed by atoms with van der Waals surface area (Å²) in [7, 11) is 1.42. The van der Waals surface area contributed by atoms with Gasteiger partial charge in [0.2, 0.25) is 5.91 Å². The zero-order chi connectivity index (χ0) is 18.9. The summed E-state index contributed by atoms with van der Waals surface area (Å²) < 4.78 is 9.56. The van der Waals surface area contributed by atoms with E-state index in [-0.39, 0.29) is 24.9 Å². The van der Waals surface area contributed by atoms with Gasteiger partial charge in [-0.15, -0.1) is 0 Å². The number of ether oxygens (including phenoxy) is 2. The number of carbonyl (C=O) groups excluding carboxylic acids is 3. The van der Waals surface area contributed by atoms with Crippen LogP contribution in [0.5, 0.6) is 0 Å². The first kappa shape index (κ1) is 20.8. The fourth-order valence-corrected chi connectivity index (χ4v) is 1.98. The van der Waals surface area contributed by atoms with E-state index in [0.29, 0.717) is 24.9 Å². The van der Waals surface area contributed by atoms with Crippen LogP contribution in [0, 0.1) is 5.41 Å². The third-order valence-electron chi connectivity index (χ3n) is 3.48. The summed E-state index contributed by atoms with van der Waals surface area (Å²) >= 11 is 0. The molecule has 0 aliphatic rings. The molecule has 1 aromatic rings. The minimum Gasteiger partial charge on any atom is -0.464 e. The SMILES string of the molecule is COCC(=O)OCCCC(=O)c1ccc(CNC(=O)C(C)(C)C)cc1. The molecule has 0 bridgehead atoms. The first-order chi connectivity index (χ1) is 11.7. The van der Waals surface area contributed by atoms with Crippen LogP contribution in [0.15, 0.2) is 24.3 Å². The van der Waals surface area contributed by atoms with Crippen LogP contribution in [0.4, 0.5) is 0 Å². The number of nitrogens with one attached hydrogen (secondary N) is 1.